The summed E-state index contributed by atoms with van der Waals surface area (Å²) in [5.41, 5.74) is 1.96. The van der Waals surface area contributed by atoms with Crippen LogP contribution in [0.1, 0.15) is 23.3 Å². The maximum Gasteiger partial charge on any atom is 0.245 e. The number of fused-ring (bicyclic) bond motifs is 1. The molecule has 8 heteroatoms. The van der Waals surface area contributed by atoms with Crippen LogP contribution in [0.3, 0.4) is 0 Å². The maximum atomic E-state index is 12.7. The molecule has 4 rings (SSSR count). The van der Waals surface area contributed by atoms with Crippen molar-refractivity contribution in [2.75, 3.05) is 26.7 Å². The summed E-state index contributed by atoms with van der Waals surface area (Å²) in [6, 6.07) is 5.87. The SMILES string of the molecule is Cc1noc([C@@H]2CN(C(=O)Cc3ccc4[nH]ncc4c3)CCN2C)n1. The third-order valence-electron chi connectivity index (χ3n) is 4.69. The van der Waals surface area contributed by atoms with Gasteiger partial charge in [0, 0.05) is 25.0 Å². The number of benzene rings is 1. The number of amides is 1. The second-order valence-electron chi connectivity index (χ2n) is 6.48. The molecule has 1 aromatic carbocycles. The van der Waals surface area contributed by atoms with Crippen molar-refractivity contribution in [3.05, 3.63) is 41.7 Å². The third-order valence-corrected chi connectivity index (χ3v) is 4.69. The Morgan fingerprint density at radius 2 is 2.28 bits per heavy atom. The molecule has 0 radical (unpaired) electrons. The molecule has 1 N–H and O–H groups in total. The Hall–Kier alpha value is -2.74. The van der Waals surface area contributed by atoms with Gasteiger partial charge in [-0.2, -0.15) is 10.1 Å². The predicted molar refractivity (Wildman–Crippen MR) is 90.8 cm³/mol. The lowest BCUT2D eigenvalue weighted by Gasteiger charge is -2.37. The first-order valence-electron chi connectivity index (χ1n) is 8.30. The normalized spacial score (nSPS) is 18.8. The van der Waals surface area contributed by atoms with Crippen molar-refractivity contribution < 1.29 is 9.32 Å². The zero-order chi connectivity index (χ0) is 17.4. The highest BCUT2D eigenvalue weighted by Crippen LogP contribution is 2.23. The highest BCUT2D eigenvalue weighted by atomic mass is 16.5. The van der Waals surface area contributed by atoms with Gasteiger partial charge in [-0.3, -0.25) is 14.8 Å². The molecule has 1 aliphatic rings. The van der Waals surface area contributed by atoms with Gasteiger partial charge in [-0.25, -0.2) is 0 Å². The van der Waals surface area contributed by atoms with Crippen LogP contribution in [0, 0.1) is 6.92 Å². The van der Waals surface area contributed by atoms with Crippen molar-refractivity contribution in [3.63, 3.8) is 0 Å². The van der Waals surface area contributed by atoms with Gasteiger partial charge in [0.2, 0.25) is 11.8 Å². The summed E-state index contributed by atoms with van der Waals surface area (Å²) in [6.07, 6.45) is 2.15. The van der Waals surface area contributed by atoms with E-state index in [1.54, 1.807) is 13.1 Å². The van der Waals surface area contributed by atoms with Gasteiger partial charge in [0.05, 0.1) is 18.1 Å². The Morgan fingerprint density at radius 3 is 3.08 bits per heavy atom. The van der Waals surface area contributed by atoms with Crippen LogP contribution in [0.4, 0.5) is 0 Å². The number of nitrogens with zero attached hydrogens (tertiary/aromatic N) is 5. The first kappa shape index (κ1) is 15.8. The molecule has 3 heterocycles. The monoisotopic (exact) mass is 340 g/mol. The van der Waals surface area contributed by atoms with Gasteiger partial charge >= 0.3 is 0 Å². The van der Waals surface area contributed by atoms with Crippen LogP contribution in [-0.4, -0.2) is 62.7 Å². The van der Waals surface area contributed by atoms with Crippen LogP contribution in [0.25, 0.3) is 10.9 Å². The molecule has 3 aromatic rings. The van der Waals surface area contributed by atoms with Crippen molar-refractivity contribution in [2.24, 2.45) is 0 Å². The zero-order valence-electron chi connectivity index (χ0n) is 14.3. The maximum absolute atomic E-state index is 12.7. The van der Waals surface area contributed by atoms with E-state index in [1.165, 1.54) is 0 Å². The standard InChI is InChI=1S/C17H20N6O2/c1-11-19-17(25-21-11)15-10-23(6-5-22(15)2)16(24)8-12-3-4-14-13(7-12)9-18-20-14/h3-4,7,9,15H,5-6,8,10H2,1-2H3,(H,18,20)/t15-/m0/s1. The number of H-pyrrole nitrogens is 1. The Morgan fingerprint density at radius 1 is 1.40 bits per heavy atom. The van der Waals surface area contributed by atoms with Crippen molar-refractivity contribution >= 4 is 16.8 Å². The second kappa shape index (κ2) is 6.29. The van der Waals surface area contributed by atoms with E-state index in [2.05, 4.69) is 25.2 Å². The molecule has 0 aliphatic carbocycles. The average molecular weight is 340 g/mol. The van der Waals surface area contributed by atoms with Crippen LogP contribution in [0.15, 0.2) is 28.9 Å². The average Bonchev–Trinajstić information content (AvgIpc) is 3.23. The molecule has 1 saturated heterocycles. The lowest BCUT2D eigenvalue weighted by Crippen LogP contribution is -2.49. The van der Waals surface area contributed by atoms with Gasteiger partial charge in [0.25, 0.3) is 0 Å². The Labute approximate surface area is 144 Å². The molecule has 1 aliphatic heterocycles. The minimum atomic E-state index is -0.0600. The molecule has 1 atom stereocenters. The second-order valence-corrected chi connectivity index (χ2v) is 6.48. The Bertz CT molecular complexity index is 901. The van der Waals surface area contributed by atoms with E-state index in [4.69, 9.17) is 4.52 Å². The van der Waals surface area contributed by atoms with Crippen molar-refractivity contribution in [2.45, 2.75) is 19.4 Å². The topological polar surface area (TPSA) is 91.2 Å². The number of carbonyl (C=O) groups is 1. The van der Waals surface area contributed by atoms with Gasteiger partial charge in [-0.1, -0.05) is 11.2 Å². The van der Waals surface area contributed by atoms with Crippen molar-refractivity contribution in [3.8, 4) is 0 Å². The summed E-state index contributed by atoms with van der Waals surface area (Å²) in [7, 11) is 2.01. The number of likely N-dealkylation sites (N-methyl/N-ethyl adjacent to an activating group) is 1. The van der Waals surface area contributed by atoms with Gasteiger partial charge < -0.3 is 9.42 Å². The smallest absolute Gasteiger partial charge is 0.245 e. The summed E-state index contributed by atoms with van der Waals surface area (Å²) in [6.45, 7) is 3.83. The molecular weight excluding hydrogens is 320 g/mol. The van der Waals surface area contributed by atoms with Crippen LogP contribution in [0.2, 0.25) is 0 Å². The number of nitrogens with one attached hydrogen (secondary N) is 1. The highest BCUT2D eigenvalue weighted by Gasteiger charge is 2.31. The number of aromatic amines is 1. The number of aromatic nitrogens is 4. The van der Waals surface area contributed by atoms with Gasteiger partial charge in [0.1, 0.15) is 6.04 Å². The molecule has 0 unspecified atom stereocenters. The number of hydrogen-bond acceptors (Lipinski definition) is 6. The van der Waals surface area contributed by atoms with Gasteiger partial charge in [0.15, 0.2) is 5.82 Å². The molecule has 25 heavy (non-hydrogen) atoms. The van der Waals surface area contributed by atoms with Gasteiger partial charge in [-0.15, -0.1) is 0 Å². The molecule has 0 spiro atoms. The molecular formula is C17H20N6O2. The minimum absolute atomic E-state index is 0.0600. The molecule has 0 bridgehead atoms. The number of hydrogen-bond donors (Lipinski definition) is 1. The van der Waals surface area contributed by atoms with E-state index in [-0.39, 0.29) is 11.9 Å². The van der Waals surface area contributed by atoms with Crippen LogP contribution < -0.4 is 0 Å². The van der Waals surface area contributed by atoms with Crippen LogP contribution in [0.5, 0.6) is 0 Å². The summed E-state index contributed by atoms with van der Waals surface area (Å²) < 4.78 is 5.31. The summed E-state index contributed by atoms with van der Waals surface area (Å²) in [5.74, 6) is 1.29. The third kappa shape index (κ3) is 3.12. The van der Waals surface area contributed by atoms with Crippen molar-refractivity contribution in [1.29, 1.82) is 0 Å². The Kier molecular flexibility index (Phi) is 3.96. The molecule has 130 valence electrons. The van der Waals surface area contributed by atoms with E-state index in [0.717, 1.165) is 23.0 Å². The first-order valence-corrected chi connectivity index (χ1v) is 8.30. The molecule has 2 aromatic heterocycles. The molecule has 8 nitrogen and oxygen atoms in total. The van der Waals surface area contributed by atoms with E-state index in [0.29, 0.717) is 31.2 Å². The summed E-state index contributed by atoms with van der Waals surface area (Å²) in [4.78, 5) is 21.1. The zero-order valence-corrected chi connectivity index (χ0v) is 14.3. The van der Waals surface area contributed by atoms with Gasteiger partial charge in [-0.05, 0) is 31.7 Å². The van der Waals surface area contributed by atoms with E-state index < -0.39 is 0 Å². The number of aryl methyl sites for hydroxylation is 1. The number of carbonyl (C=O) groups excluding carboxylic acids is 1. The number of rotatable bonds is 3. The first-order chi connectivity index (χ1) is 12.1. The van der Waals surface area contributed by atoms with Crippen LogP contribution >= 0.6 is 0 Å². The summed E-state index contributed by atoms with van der Waals surface area (Å²) >= 11 is 0. The fourth-order valence-electron chi connectivity index (χ4n) is 3.20. The largest absolute Gasteiger partial charge is 0.339 e. The molecule has 1 amide bonds. The Balaban J connectivity index is 1.47. The lowest BCUT2D eigenvalue weighted by molar-refractivity contribution is -0.133. The lowest BCUT2D eigenvalue weighted by atomic mass is 10.1. The fourth-order valence-corrected chi connectivity index (χ4v) is 3.20. The van der Waals surface area contributed by atoms with Crippen molar-refractivity contribution in [1.82, 2.24) is 30.1 Å². The fraction of sp³-hybridized carbons (Fsp3) is 0.412. The summed E-state index contributed by atoms with van der Waals surface area (Å²) in [5, 5.41) is 11.8. The van der Waals surface area contributed by atoms with Crippen LogP contribution in [-0.2, 0) is 11.2 Å². The molecule has 1 fully saturated rings. The van der Waals surface area contributed by atoms with E-state index in [9.17, 15) is 4.79 Å². The highest BCUT2D eigenvalue weighted by molar-refractivity contribution is 5.83. The minimum Gasteiger partial charge on any atom is -0.339 e. The quantitative estimate of drug-likeness (QED) is 0.773. The number of piperazine rings is 1. The van der Waals surface area contributed by atoms with E-state index >= 15 is 0 Å². The predicted octanol–water partition coefficient (Wildman–Crippen LogP) is 1.31. The van der Waals surface area contributed by atoms with E-state index in [1.807, 2.05) is 30.1 Å². The molecule has 0 saturated carbocycles.